The Morgan fingerprint density at radius 1 is 0.964 bits per heavy atom. The highest BCUT2D eigenvalue weighted by Crippen LogP contribution is 2.19. The van der Waals surface area contributed by atoms with Crippen molar-refractivity contribution in [3.63, 3.8) is 0 Å². The molecule has 2 aromatic carbocycles. The highest BCUT2D eigenvalue weighted by molar-refractivity contribution is 7.12. The number of rotatable bonds is 6. The van der Waals surface area contributed by atoms with E-state index >= 15 is 0 Å². The molecule has 1 saturated heterocycles. The van der Waals surface area contributed by atoms with Crippen LogP contribution in [0.2, 0.25) is 0 Å². The van der Waals surface area contributed by atoms with Crippen LogP contribution >= 0.6 is 11.3 Å². The van der Waals surface area contributed by atoms with E-state index in [4.69, 9.17) is 0 Å². The van der Waals surface area contributed by atoms with Crippen molar-refractivity contribution in [3.8, 4) is 0 Å². The zero-order valence-electron chi connectivity index (χ0n) is 15.5. The van der Waals surface area contributed by atoms with Gasteiger partial charge < -0.3 is 5.32 Å². The third kappa shape index (κ3) is 4.21. The number of carbonyl (C=O) groups is 2. The van der Waals surface area contributed by atoms with Gasteiger partial charge in [0.15, 0.2) is 0 Å². The Morgan fingerprint density at radius 2 is 1.71 bits per heavy atom. The number of hydrogen-bond donors (Lipinski definition) is 1. The fraction of sp³-hybridized carbons (Fsp3) is 0.217. The van der Waals surface area contributed by atoms with E-state index in [0.717, 1.165) is 26.1 Å². The van der Waals surface area contributed by atoms with Gasteiger partial charge in [-0.3, -0.25) is 14.5 Å². The minimum absolute atomic E-state index is 0.0982. The van der Waals surface area contributed by atoms with Crippen LogP contribution in [0.15, 0.2) is 72.1 Å². The number of hydrogen-bond acceptors (Lipinski definition) is 4. The first-order valence-corrected chi connectivity index (χ1v) is 10.3. The zero-order valence-corrected chi connectivity index (χ0v) is 16.3. The molecule has 5 heteroatoms. The van der Waals surface area contributed by atoms with Gasteiger partial charge in [0.2, 0.25) is 5.78 Å². The molecule has 0 spiro atoms. The van der Waals surface area contributed by atoms with Crippen molar-refractivity contribution < 1.29 is 9.59 Å². The summed E-state index contributed by atoms with van der Waals surface area (Å²) in [7, 11) is 0. The maximum atomic E-state index is 12.9. The van der Waals surface area contributed by atoms with Crippen molar-refractivity contribution in [1.29, 1.82) is 0 Å². The third-order valence-corrected chi connectivity index (χ3v) is 5.89. The SMILES string of the molecule is O=C(N[C@@H]1CCN(Cc2ccccc2)C1)c1ccccc1C(=O)c1cccs1. The van der Waals surface area contributed by atoms with Crippen LogP contribution in [0.3, 0.4) is 0 Å². The number of ketones is 1. The lowest BCUT2D eigenvalue weighted by Gasteiger charge is -2.17. The van der Waals surface area contributed by atoms with Gasteiger partial charge in [0.25, 0.3) is 5.91 Å². The smallest absolute Gasteiger partial charge is 0.252 e. The largest absolute Gasteiger partial charge is 0.348 e. The monoisotopic (exact) mass is 390 g/mol. The molecule has 0 aliphatic carbocycles. The first-order valence-electron chi connectivity index (χ1n) is 9.45. The molecule has 4 rings (SSSR count). The number of benzene rings is 2. The molecule has 1 aliphatic heterocycles. The van der Waals surface area contributed by atoms with E-state index in [1.807, 2.05) is 29.6 Å². The average molecular weight is 391 g/mol. The summed E-state index contributed by atoms with van der Waals surface area (Å²) in [5.41, 5.74) is 2.19. The van der Waals surface area contributed by atoms with Crippen LogP contribution in [0.25, 0.3) is 0 Å². The van der Waals surface area contributed by atoms with Crippen LogP contribution in [0.5, 0.6) is 0 Å². The molecule has 0 bridgehead atoms. The summed E-state index contributed by atoms with van der Waals surface area (Å²) < 4.78 is 0. The second-order valence-corrected chi connectivity index (χ2v) is 7.98. The lowest BCUT2D eigenvalue weighted by Crippen LogP contribution is -2.37. The summed E-state index contributed by atoms with van der Waals surface area (Å²) in [5, 5.41) is 4.99. The van der Waals surface area contributed by atoms with Crippen LogP contribution in [0.4, 0.5) is 0 Å². The average Bonchev–Trinajstić information content (AvgIpc) is 3.41. The second-order valence-electron chi connectivity index (χ2n) is 7.03. The predicted octanol–water partition coefficient (Wildman–Crippen LogP) is 3.98. The first kappa shape index (κ1) is 18.6. The van der Waals surface area contributed by atoms with E-state index in [-0.39, 0.29) is 17.7 Å². The summed E-state index contributed by atoms with van der Waals surface area (Å²) >= 11 is 1.39. The van der Waals surface area contributed by atoms with E-state index in [9.17, 15) is 9.59 Å². The Kier molecular flexibility index (Phi) is 5.65. The molecular weight excluding hydrogens is 368 g/mol. The Labute approximate surface area is 168 Å². The molecule has 0 saturated carbocycles. The molecule has 1 aromatic heterocycles. The molecule has 1 amide bonds. The maximum absolute atomic E-state index is 12.9. The molecule has 3 aromatic rings. The molecule has 4 nitrogen and oxygen atoms in total. The fourth-order valence-electron chi connectivity index (χ4n) is 3.62. The van der Waals surface area contributed by atoms with Gasteiger partial charge in [-0.15, -0.1) is 11.3 Å². The Morgan fingerprint density at radius 3 is 2.46 bits per heavy atom. The van der Waals surface area contributed by atoms with Gasteiger partial charge in [0.05, 0.1) is 10.4 Å². The van der Waals surface area contributed by atoms with Crippen LogP contribution in [0.1, 0.15) is 37.6 Å². The van der Waals surface area contributed by atoms with Crippen molar-refractivity contribution in [3.05, 3.63) is 93.7 Å². The topological polar surface area (TPSA) is 49.4 Å². The summed E-state index contributed by atoms with van der Waals surface area (Å²) in [5.74, 6) is -0.273. The van der Waals surface area contributed by atoms with Crippen molar-refractivity contribution in [1.82, 2.24) is 10.2 Å². The van der Waals surface area contributed by atoms with Gasteiger partial charge >= 0.3 is 0 Å². The van der Waals surface area contributed by atoms with Crippen molar-refractivity contribution >= 4 is 23.0 Å². The third-order valence-electron chi connectivity index (χ3n) is 5.02. The van der Waals surface area contributed by atoms with Gasteiger partial charge in [-0.1, -0.05) is 54.6 Å². The molecule has 2 heterocycles. The number of nitrogens with one attached hydrogen (secondary N) is 1. The Balaban J connectivity index is 1.41. The molecule has 142 valence electrons. The number of nitrogens with zero attached hydrogens (tertiary/aromatic N) is 1. The highest BCUT2D eigenvalue weighted by atomic mass is 32.1. The normalized spacial score (nSPS) is 16.8. The Bertz CT molecular complexity index is 954. The number of likely N-dealkylation sites (tertiary alicyclic amines) is 1. The minimum atomic E-state index is -0.174. The summed E-state index contributed by atoms with van der Waals surface area (Å²) in [6.45, 7) is 2.66. The first-order chi connectivity index (χ1) is 13.7. The molecule has 28 heavy (non-hydrogen) atoms. The maximum Gasteiger partial charge on any atom is 0.252 e. The quantitative estimate of drug-likeness (QED) is 0.648. The standard InChI is InChI=1S/C23H22N2O2S/c26-22(21-11-6-14-28-21)19-9-4-5-10-20(19)23(27)24-18-12-13-25(16-18)15-17-7-2-1-3-8-17/h1-11,14,18H,12-13,15-16H2,(H,24,27)/t18-/m1/s1. The van der Waals surface area contributed by atoms with Gasteiger partial charge in [-0.05, 0) is 29.5 Å². The van der Waals surface area contributed by atoms with Gasteiger partial charge in [-0.2, -0.15) is 0 Å². The highest BCUT2D eigenvalue weighted by Gasteiger charge is 2.26. The number of carbonyl (C=O) groups excluding carboxylic acids is 2. The van der Waals surface area contributed by atoms with E-state index in [0.29, 0.717) is 16.0 Å². The van der Waals surface area contributed by atoms with Crippen LogP contribution < -0.4 is 5.32 Å². The van der Waals surface area contributed by atoms with E-state index in [1.54, 1.807) is 30.3 Å². The lowest BCUT2D eigenvalue weighted by molar-refractivity contribution is 0.0928. The zero-order chi connectivity index (χ0) is 19.3. The molecule has 0 unspecified atom stereocenters. The van der Waals surface area contributed by atoms with Crippen molar-refractivity contribution in [2.75, 3.05) is 13.1 Å². The summed E-state index contributed by atoms with van der Waals surface area (Å²) in [6, 6.07) is 21.2. The van der Waals surface area contributed by atoms with Crippen LogP contribution in [-0.4, -0.2) is 35.7 Å². The molecule has 1 N–H and O–H groups in total. The lowest BCUT2D eigenvalue weighted by atomic mass is 10.0. The number of thiophene rings is 1. The number of amides is 1. The summed E-state index contributed by atoms with van der Waals surface area (Å²) in [6.07, 6.45) is 0.916. The van der Waals surface area contributed by atoms with E-state index < -0.39 is 0 Å². The van der Waals surface area contributed by atoms with Crippen molar-refractivity contribution in [2.45, 2.75) is 19.0 Å². The summed E-state index contributed by atoms with van der Waals surface area (Å²) in [4.78, 5) is 28.6. The van der Waals surface area contributed by atoms with E-state index in [2.05, 4.69) is 22.3 Å². The molecular formula is C23H22N2O2S. The van der Waals surface area contributed by atoms with Crippen LogP contribution in [0, 0.1) is 0 Å². The van der Waals surface area contributed by atoms with Gasteiger partial charge in [0, 0.05) is 31.2 Å². The second kappa shape index (κ2) is 8.50. The van der Waals surface area contributed by atoms with E-state index in [1.165, 1.54) is 16.9 Å². The molecule has 1 atom stereocenters. The molecule has 1 fully saturated rings. The van der Waals surface area contributed by atoms with Crippen LogP contribution in [-0.2, 0) is 6.54 Å². The van der Waals surface area contributed by atoms with Gasteiger partial charge in [0.1, 0.15) is 0 Å². The predicted molar refractivity (Wildman–Crippen MR) is 112 cm³/mol. The fourth-order valence-corrected chi connectivity index (χ4v) is 4.30. The molecule has 1 aliphatic rings. The molecule has 0 radical (unpaired) electrons. The van der Waals surface area contributed by atoms with Gasteiger partial charge in [-0.25, -0.2) is 0 Å². The van der Waals surface area contributed by atoms with Crippen molar-refractivity contribution in [2.24, 2.45) is 0 Å². The minimum Gasteiger partial charge on any atom is -0.348 e. The Hall–Kier alpha value is -2.76.